The summed E-state index contributed by atoms with van der Waals surface area (Å²) >= 11 is 7.76. The van der Waals surface area contributed by atoms with Crippen molar-refractivity contribution in [2.45, 2.75) is 42.9 Å². The van der Waals surface area contributed by atoms with Gasteiger partial charge in [0.15, 0.2) is 0 Å². The Labute approximate surface area is 135 Å². The summed E-state index contributed by atoms with van der Waals surface area (Å²) in [4.78, 5) is 0.144. The highest BCUT2D eigenvalue weighted by Gasteiger charge is 2.31. The maximum absolute atomic E-state index is 12.5. The van der Waals surface area contributed by atoms with Crippen LogP contribution in [-0.2, 0) is 16.6 Å². The molecule has 0 aromatic heterocycles. The van der Waals surface area contributed by atoms with Gasteiger partial charge < -0.3 is 5.11 Å². The van der Waals surface area contributed by atoms with Crippen molar-refractivity contribution in [3.05, 3.63) is 28.3 Å². The Hall–Kier alpha value is -0.270. The normalized spacial score (nSPS) is 22.7. The first kappa shape index (κ1) is 17.1. The summed E-state index contributed by atoms with van der Waals surface area (Å²) in [5.41, 5.74) is 1.07. The molecule has 1 aromatic carbocycles. The number of nitrogens with one attached hydrogen (secondary N) is 1. The number of hydrogen-bond donors (Lipinski definition) is 2. The molecule has 2 rings (SSSR count). The van der Waals surface area contributed by atoms with Crippen molar-refractivity contribution in [1.82, 2.24) is 4.72 Å². The molecule has 4 nitrogen and oxygen atoms in total. The van der Waals surface area contributed by atoms with Crippen molar-refractivity contribution < 1.29 is 13.5 Å². The van der Waals surface area contributed by atoms with E-state index in [1.54, 1.807) is 24.8 Å². The van der Waals surface area contributed by atoms with E-state index in [4.69, 9.17) is 11.6 Å². The number of aliphatic hydroxyl groups excluding tert-OH is 1. The number of rotatable bonds is 5. The fourth-order valence-electron chi connectivity index (χ4n) is 2.45. The van der Waals surface area contributed by atoms with E-state index in [9.17, 15) is 13.5 Å². The predicted octanol–water partition coefficient (Wildman–Crippen LogP) is 2.70. The van der Waals surface area contributed by atoms with Crippen molar-refractivity contribution in [2.24, 2.45) is 0 Å². The molecule has 1 aromatic rings. The Morgan fingerprint density at radius 2 is 2.19 bits per heavy atom. The van der Waals surface area contributed by atoms with Gasteiger partial charge in [-0.05, 0) is 55.7 Å². The highest BCUT2D eigenvalue weighted by atomic mass is 35.5. The van der Waals surface area contributed by atoms with Gasteiger partial charge in [-0.3, -0.25) is 0 Å². The Morgan fingerprint density at radius 1 is 1.48 bits per heavy atom. The Balaban J connectivity index is 2.25. The average Bonchev–Trinajstić information content (AvgIpc) is 2.86. The minimum absolute atomic E-state index is 0.0423. The van der Waals surface area contributed by atoms with Crippen LogP contribution in [0.5, 0.6) is 0 Å². The van der Waals surface area contributed by atoms with E-state index in [1.807, 2.05) is 0 Å². The van der Waals surface area contributed by atoms with E-state index in [0.717, 1.165) is 18.6 Å². The molecule has 0 bridgehead atoms. The smallest absolute Gasteiger partial charge is 0.240 e. The molecule has 0 spiro atoms. The quantitative estimate of drug-likeness (QED) is 0.857. The highest BCUT2D eigenvalue weighted by Crippen LogP contribution is 2.37. The van der Waals surface area contributed by atoms with Crippen molar-refractivity contribution in [2.75, 3.05) is 12.3 Å². The van der Waals surface area contributed by atoms with Gasteiger partial charge in [-0.15, -0.1) is 0 Å². The molecule has 7 heteroatoms. The zero-order chi connectivity index (χ0) is 15.7. The zero-order valence-corrected chi connectivity index (χ0v) is 14.5. The van der Waals surface area contributed by atoms with E-state index < -0.39 is 10.0 Å². The molecule has 1 atom stereocenters. The number of sulfonamides is 1. The fraction of sp³-hybridized carbons (Fsp3) is 0.571. The third-order valence-corrected chi connectivity index (χ3v) is 7.11. The molecule has 1 aliphatic heterocycles. The van der Waals surface area contributed by atoms with Crippen molar-refractivity contribution >= 4 is 33.4 Å². The highest BCUT2D eigenvalue weighted by molar-refractivity contribution is 8.01. The molecule has 0 saturated carbocycles. The second-order valence-corrected chi connectivity index (χ2v) is 9.43. The molecule has 1 heterocycles. The maximum atomic E-state index is 12.5. The molecule has 1 aliphatic rings. The van der Waals surface area contributed by atoms with Gasteiger partial charge in [0, 0.05) is 16.3 Å². The predicted molar refractivity (Wildman–Crippen MR) is 87.4 cm³/mol. The lowest BCUT2D eigenvalue weighted by molar-refractivity contribution is 0.280. The molecule has 1 fully saturated rings. The molecule has 0 aliphatic carbocycles. The maximum Gasteiger partial charge on any atom is 0.240 e. The van der Waals surface area contributed by atoms with Gasteiger partial charge in [0.25, 0.3) is 0 Å². The molecular weight excluding hydrogens is 330 g/mol. The summed E-state index contributed by atoms with van der Waals surface area (Å²) < 4.78 is 27.7. The van der Waals surface area contributed by atoms with Crippen LogP contribution in [0, 0.1) is 6.92 Å². The first-order valence-corrected chi connectivity index (χ1v) is 9.66. The first-order valence-electron chi connectivity index (χ1n) is 6.81. The van der Waals surface area contributed by atoms with Gasteiger partial charge in [-0.1, -0.05) is 11.6 Å². The summed E-state index contributed by atoms with van der Waals surface area (Å²) in [6.07, 6.45) is 2.13. The van der Waals surface area contributed by atoms with Crippen LogP contribution in [0.25, 0.3) is 0 Å². The van der Waals surface area contributed by atoms with Gasteiger partial charge in [-0.2, -0.15) is 11.8 Å². The summed E-state index contributed by atoms with van der Waals surface area (Å²) in [6.45, 7) is 3.93. The SMILES string of the molecule is Cc1c(CO)cc(Cl)cc1S(=O)(=O)NCC1(C)CCCS1. The standard InChI is InChI=1S/C14H20ClNO3S2/c1-10-11(8-17)6-12(15)7-13(10)21(18,19)16-9-14(2)4-3-5-20-14/h6-7,16-17H,3-5,8-9H2,1-2H3. The molecule has 2 N–H and O–H groups in total. The van der Waals surface area contributed by atoms with Gasteiger partial charge in [0.1, 0.15) is 0 Å². The van der Waals surface area contributed by atoms with Crippen LogP contribution in [0.4, 0.5) is 0 Å². The number of aliphatic hydroxyl groups is 1. The summed E-state index contributed by atoms with van der Waals surface area (Å²) in [6, 6.07) is 3.02. The van der Waals surface area contributed by atoms with Gasteiger partial charge in [0.2, 0.25) is 10.0 Å². The van der Waals surface area contributed by atoms with Crippen LogP contribution >= 0.6 is 23.4 Å². The molecular formula is C14H20ClNO3S2. The first-order chi connectivity index (χ1) is 9.77. The van der Waals surface area contributed by atoms with Crippen molar-refractivity contribution in [1.29, 1.82) is 0 Å². The Morgan fingerprint density at radius 3 is 2.76 bits per heavy atom. The van der Waals surface area contributed by atoms with E-state index in [-0.39, 0.29) is 16.2 Å². The summed E-state index contributed by atoms with van der Waals surface area (Å²) in [7, 11) is -3.63. The molecule has 1 saturated heterocycles. The topological polar surface area (TPSA) is 66.4 Å². The lowest BCUT2D eigenvalue weighted by Crippen LogP contribution is -2.37. The number of thioether (sulfide) groups is 1. The van der Waals surface area contributed by atoms with Crippen LogP contribution in [0.2, 0.25) is 5.02 Å². The Kier molecular flexibility index (Phi) is 5.26. The number of hydrogen-bond acceptors (Lipinski definition) is 4. The molecule has 0 amide bonds. The van der Waals surface area contributed by atoms with E-state index in [1.165, 1.54) is 6.07 Å². The third-order valence-electron chi connectivity index (χ3n) is 3.83. The summed E-state index contributed by atoms with van der Waals surface area (Å²) in [5, 5.41) is 9.61. The monoisotopic (exact) mass is 349 g/mol. The number of halogens is 1. The van der Waals surface area contributed by atoms with Gasteiger partial charge in [0.05, 0.1) is 11.5 Å². The van der Waals surface area contributed by atoms with Gasteiger partial charge in [-0.25, -0.2) is 13.1 Å². The van der Waals surface area contributed by atoms with E-state index >= 15 is 0 Å². The zero-order valence-electron chi connectivity index (χ0n) is 12.1. The minimum Gasteiger partial charge on any atom is -0.392 e. The molecule has 1 unspecified atom stereocenters. The lowest BCUT2D eigenvalue weighted by Gasteiger charge is -2.23. The molecule has 118 valence electrons. The molecule has 21 heavy (non-hydrogen) atoms. The largest absolute Gasteiger partial charge is 0.392 e. The van der Waals surface area contributed by atoms with Crippen LogP contribution < -0.4 is 4.72 Å². The van der Waals surface area contributed by atoms with E-state index in [0.29, 0.717) is 22.7 Å². The molecule has 0 radical (unpaired) electrons. The fourth-order valence-corrected chi connectivity index (χ4v) is 5.57. The lowest BCUT2D eigenvalue weighted by atomic mass is 10.1. The summed E-state index contributed by atoms with van der Waals surface area (Å²) in [5.74, 6) is 1.07. The average molecular weight is 350 g/mol. The van der Waals surface area contributed by atoms with Crippen LogP contribution in [-0.4, -0.2) is 30.6 Å². The van der Waals surface area contributed by atoms with Crippen LogP contribution in [0.1, 0.15) is 30.9 Å². The van der Waals surface area contributed by atoms with Crippen molar-refractivity contribution in [3.63, 3.8) is 0 Å². The minimum atomic E-state index is -3.63. The van der Waals surface area contributed by atoms with Crippen LogP contribution in [0.15, 0.2) is 17.0 Å². The number of benzene rings is 1. The van der Waals surface area contributed by atoms with E-state index in [2.05, 4.69) is 11.6 Å². The van der Waals surface area contributed by atoms with Gasteiger partial charge >= 0.3 is 0 Å². The second kappa shape index (κ2) is 6.46. The van der Waals surface area contributed by atoms with Crippen LogP contribution in [0.3, 0.4) is 0 Å². The third kappa shape index (κ3) is 3.93. The van der Waals surface area contributed by atoms with Crippen molar-refractivity contribution in [3.8, 4) is 0 Å². The Bertz CT molecular complexity index is 625. The second-order valence-electron chi connectivity index (χ2n) is 5.57.